The van der Waals surface area contributed by atoms with Gasteiger partial charge in [-0.2, -0.15) is 0 Å². The van der Waals surface area contributed by atoms with E-state index in [0.29, 0.717) is 0 Å². The number of para-hydroxylation sites is 1. The Kier molecular flexibility index (Phi) is 4.07. The van der Waals surface area contributed by atoms with Gasteiger partial charge in [0.25, 0.3) is 0 Å². The highest BCUT2D eigenvalue weighted by molar-refractivity contribution is 5.66. The second-order valence-corrected chi connectivity index (χ2v) is 4.49. The first-order valence-corrected chi connectivity index (χ1v) is 6.28. The van der Waals surface area contributed by atoms with Gasteiger partial charge in [-0.15, -0.1) is 0 Å². The van der Waals surface area contributed by atoms with Gasteiger partial charge in [0.2, 0.25) is 0 Å². The standard InChI is InChI=1S/C16H19NO2/c1-12(18)15-6-4-5-7-16(15)17(2)13-8-10-14(19-3)11-9-13/h4-12,18H,1-3H3/t12-/m0/s1. The first-order valence-electron chi connectivity index (χ1n) is 6.28. The van der Waals surface area contributed by atoms with Gasteiger partial charge in [-0.05, 0) is 37.3 Å². The van der Waals surface area contributed by atoms with Crippen LogP contribution in [0.5, 0.6) is 5.75 Å². The molecule has 0 aliphatic rings. The molecule has 0 unspecified atom stereocenters. The Morgan fingerprint density at radius 2 is 1.68 bits per heavy atom. The lowest BCUT2D eigenvalue weighted by Crippen LogP contribution is -2.12. The number of nitrogens with zero attached hydrogens (tertiary/aromatic N) is 1. The molecular formula is C16H19NO2. The monoisotopic (exact) mass is 257 g/mol. The lowest BCUT2D eigenvalue weighted by Gasteiger charge is -2.23. The molecule has 0 saturated heterocycles. The number of rotatable bonds is 4. The second kappa shape index (κ2) is 5.76. The summed E-state index contributed by atoms with van der Waals surface area (Å²) < 4.78 is 5.16. The Hall–Kier alpha value is -2.00. The first-order chi connectivity index (χ1) is 9.13. The minimum Gasteiger partial charge on any atom is -0.497 e. The number of methoxy groups -OCH3 is 1. The summed E-state index contributed by atoms with van der Waals surface area (Å²) in [5, 5.41) is 9.84. The van der Waals surface area contributed by atoms with Gasteiger partial charge in [0.15, 0.2) is 0 Å². The van der Waals surface area contributed by atoms with Crippen molar-refractivity contribution < 1.29 is 9.84 Å². The van der Waals surface area contributed by atoms with E-state index in [1.807, 2.05) is 55.6 Å². The van der Waals surface area contributed by atoms with Crippen LogP contribution in [0.4, 0.5) is 11.4 Å². The lowest BCUT2D eigenvalue weighted by molar-refractivity contribution is 0.200. The summed E-state index contributed by atoms with van der Waals surface area (Å²) in [6, 6.07) is 15.7. The maximum absolute atomic E-state index is 9.84. The summed E-state index contributed by atoms with van der Waals surface area (Å²) in [5.41, 5.74) is 2.97. The van der Waals surface area contributed by atoms with E-state index in [1.54, 1.807) is 14.0 Å². The van der Waals surface area contributed by atoms with Crippen LogP contribution in [0.25, 0.3) is 0 Å². The highest BCUT2D eigenvalue weighted by atomic mass is 16.5. The van der Waals surface area contributed by atoms with E-state index in [9.17, 15) is 5.11 Å². The predicted octanol–water partition coefficient (Wildman–Crippen LogP) is 3.52. The highest BCUT2D eigenvalue weighted by Crippen LogP contribution is 2.31. The van der Waals surface area contributed by atoms with Gasteiger partial charge in [0, 0.05) is 24.0 Å². The van der Waals surface area contributed by atoms with Crippen molar-refractivity contribution in [3.8, 4) is 5.75 Å². The fourth-order valence-electron chi connectivity index (χ4n) is 2.09. The van der Waals surface area contributed by atoms with Gasteiger partial charge in [-0.1, -0.05) is 18.2 Å². The average Bonchev–Trinajstić information content (AvgIpc) is 2.46. The van der Waals surface area contributed by atoms with Gasteiger partial charge in [-0.25, -0.2) is 0 Å². The van der Waals surface area contributed by atoms with Crippen LogP contribution in [0.15, 0.2) is 48.5 Å². The van der Waals surface area contributed by atoms with Gasteiger partial charge in [-0.3, -0.25) is 0 Å². The van der Waals surface area contributed by atoms with Crippen LogP contribution in [0.3, 0.4) is 0 Å². The summed E-state index contributed by atoms with van der Waals surface area (Å²) in [7, 11) is 3.64. The number of ether oxygens (including phenoxy) is 1. The first kappa shape index (κ1) is 13.4. The Bertz CT molecular complexity index is 535. The molecule has 2 aromatic carbocycles. The minimum atomic E-state index is -0.489. The second-order valence-electron chi connectivity index (χ2n) is 4.49. The third kappa shape index (κ3) is 2.88. The van der Waals surface area contributed by atoms with Gasteiger partial charge in [0.1, 0.15) is 5.75 Å². The number of benzene rings is 2. The molecule has 0 heterocycles. The van der Waals surface area contributed by atoms with Crippen molar-refractivity contribution in [1.29, 1.82) is 0 Å². The Morgan fingerprint density at radius 1 is 1.05 bits per heavy atom. The maximum atomic E-state index is 9.84. The molecule has 19 heavy (non-hydrogen) atoms. The number of aliphatic hydroxyl groups is 1. The SMILES string of the molecule is COc1ccc(N(C)c2ccccc2[C@H](C)O)cc1. The molecule has 0 radical (unpaired) electrons. The summed E-state index contributed by atoms with van der Waals surface area (Å²) in [5.74, 6) is 0.834. The molecule has 2 rings (SSSR count). The van der Waals surface area contributed by atoms with E-state index in [2.05, 4.69) is 4.90 Å². The van der Waals surface area contributed by atoms with E-state index < -0.39 is 6.10 Å². The fraction of sp³-hybridized carbons (Fsp3) is 0.250. The average molecular weight is 257 g/mol. The van der Waals surface area contributed by atoms with E-state index in [1.165, 1.54) is 0 Å². The molecule has 2 aromatic rings. The molecule has 0 amide bonds. The van der Waals surface area contributed by atoms with Crippen molar-refractivity contribution in [2.45, 2.75) is 13.0 Å². The molecule has 0 bridgehead atoms. The van der Waals surface area contributed by atoms with E-state index in [-0.39, 0.29) is 0 Å². The van der Waals surface area contributed by atoms with Crippen LogP contribution >= 0.6 is 0 Å². The van der Waals surface area contributed by atoms with Gasteiger partial charge < -0.3 is 14.7 Å². The zero-order valence-electron chi connectivity index (χ0n) is 11.5. The summed E-state index contributed by atoms with van der Waals surface area (Å²) in [6.45, 7) is 1.78. The molecule has 0 spiro atoms. The fourth-order valence-corrected chi connectivity index (χ4v) is 2.09. The molecule has 0 aliphatic carbocycles. The van der Waals surface area contributed by atoms with E-state index >= 15 is 0 Å². The molecule has 1 N–H and O–H groups in total. The van der Waals surface area contributed by atoms with Crippen LogP contribution in [0.2, 0.25) is 0 Å². The molecule has 0 saturated carbocycles. The lowest BCUT2D eigenvalue weighted by atomic mass is 10.1. The topological polar surface area (TPSA) is 32.7 Å². The normalized spacial score (nSPS) is 12.0. The van der Waals surface area contributed by atoms with Crippen LogP contribution in [0.1, 0.15) is 18.6 Å². The minimum absolute atomic E-state index is 0.489. The zero-order chi connectivity index (χ0) is 13.8. The van der Waals surface area contributed by atoms with Gasteiger partial charge in [0.05, 0.1) is 13.2 Å². The number of hydrogen-bond acceptors (Lipinski definition) is 3. The van der Waals surface area contributed by atoms with E-state index in [0.717, 1.165) is 22.7 Å². The van der Waals surface area contributed by atoms with Crippen molar-refractivity contribution in [1.82, 2.24) is 0 Å². The summed E-state index contributed by atoms with van der Waals surface area (Å²) >= 11 is 0. The third-order valence-corrected chi connectivity index (χ3v) is 3.21. The Morgan fingerprint density at radius 3 is 2.26 bits per heavy atom. The van der Waals surface area contributed by atoms with Crippen LogP contribution in [0, 0.1) is 0 Å². The highest BCUT2D eigenvalue weighted by Gasteiger charge is 2.12. The Labute approximate surface area is 114 Å². The molecule has 0 aliphatic heterocycles. The predicted molar refractivity (Wildman–Crippen MR) is 78.1 cm³/mol. The summed E-state index contributed by atoms with van der Waals surface area (Å²) in [6.07, 6.45) is -0.489. The maximum Gasteiger partial charge on any atom is 0.119 e. The van der Waals surface area contributed by atoms with Gasteiger partial charge >= 0.3 is 0 Å². The van der Waals surface area contributed by atoms with Crippen LogP contribution in [-0.4, -0.2) is 19.3 Å². The molecule has 100 valence electrons. The number of aliphatic hydroxyl groups excluding tert-OH is 1. The van der Waals surface area contributed by atoms with E-state index in [4.69, 9.17) is 4.74 Å². The zero-order valence-corrected chi connectivity index (χ0v) is 11.5. The Balaban J connectivity index is 2.35. The van der Waals surface area contributed by atoms with Crippen LogP contribution < -0.4 is 9.64 Å². The van der Waals surface area contributed by atoms with Crippen molar-refractivity contribution in [2.24, 2.45) is 0 Å². The van der Waals surface area contributed by atoms with Crippen LogP contribution in [-0.2, 0) is 0 Å². The smallest absolute Gasteiger partial charge is 0.119 e. The van der Waals surface area contributed by atoms with Crippen molar-refractivity contribution in [3.05, 3.63) is 54.1 Å². The molecule has 3 heteroatoms. The largest absolute Gasteiger partial charge is 0.497 e. The number of anilines is 2. The molecule has 0 fully saturated rings. The van der Waals surface area contributed by atoms with Crippen molar-refractivity contribution in [3.63, 3.8) is 0 Å². The number of hydrogen-bond donors (Lipinski definition) is 1. The molecule has 3 nitrogen and oxygen atoms in total. The van der Waals surface area contributed by atoms with Crippen molar-refractivity contribution >= 4 is 11.4 Å². The molecular weight excluding hydrogens is 238 g/mol. The van der Waals surface area contributed by atoms with Crippen molar-refractivity contribution in [2.75, 3.05) is 19.1 Å². The quantitative estimate of drug-likeness (QED) is 0.909. The molecule has 0 aromatic heterocycles. The summed E-state index contributed by atoms with van der Waals surface area (Å²) in [4.78, 5) is 2.06. The molecule has 1 atom stereocenters. The third-order valence-electron chi connectivity index (χ3n) is 3.21.